The minimum Gasteiger partial charge on any atom is -0.490 e. The second-order valence-electron chi connectivity index (χ2n) is 10.3. The molecule has 3 aromatic rings. The van der Waals surface area contributed by atoms with Gasteiger partial charge in [0.25, 0.3) is 10.0 Å². The quantitative estimate of drug-likeness (QED) is 0.318. The van der Waals surface area contributed by atoms with Crippen LogP contribution in [0.4, 0.5) is 5.69 Å². The number of hydrogen-bond donors (Lipinski definition) is 0. The van der Waals surface area contributed by atoms with Gasteiger partial charge in [0.1, 0.15) is 0 Å². The lowest BCUT2D eigenvalue weighted by Gasteiger charge is -2.36. The molecule has 5 rings (SSSR count). The molecule has 7 nitrogen and oxygen atoms in total. The number of amides is 1. The Morgan fingerprint density at radius 1 is 0.925 bits per heavy atom. The van der Waals surface area contributed by atoms with E-state index >= 15 is 0 Å². The van der Waals surface area contributed by atoms with Gasteiger partial charge in [-0.3, -0.25) is 9.79 Å². The van der Waals surface area contributed by atoms with Crippen molar-refractivity contribution in [3.05, 3.63) is 82.9 Å². The monoisotopic (exact) mass is 560 g/mol. The number of benzene rings is 3. The first kappa shape index (κ1) is 27.9. The van der Waals surface area contributed by atoms with E-state index < -0.39 is 15.9 Å². The fourth-order valence-corrected chi connectivity index (χ4v) is 7.21. The number of hydrogen-bond acceptors (Lipinski definition) is 6. The average molecular weight is 561 g/mol. The Morgan fingerprint density at radius 2 is 1.55 bits per heavy atom. The van der Waals surface area contributed by atoms with E-state index in [1.165, 1.54) is 31.0 Å². The van der Waals surface area contributed by atoms with Crippen molar-refractivity contribution in [1.29, 1.82) is 0 Å². The van der Waals surface area contributed by atoms with Crippen molar-refractivity contribution in [1.82, 2.24) is 0 Å². The second-order valence-corrected chi connectivity index (χ2v) is 12.1. The molecule has 2 aliphatic rings. The topological polar surface area (TPSA) is 85.3 Å². The van der Waals surface area contributed by atoms with Gasteiger partial charge in [-0.2, -0.15) is 0 Å². The molecule has 8 heteroatoms. The van der Waals surface area contributed by atoms with Crippen LogP contribution in [0.3, 0.4) is 0 Å². The van der Waals surface area contributed by atoms with Crippen LogP contribution >= 0.6 is 0 Å². The van der Waals surface area contributed by atoms with Gasteiger partial charge < -0.3 is 9.47 Å². The van der Waals surface area contributed by atoms with Crippen LogP contribution in [0.5, 0.6) is 11.5 Å². The van der Waals surface area contributed by atoms with E-state index in [4.69, 9.17) is 14.5 Å². The van der Waals surface area contributed by atoms with Crippen molar-refractivity contribution < 1.29 is 22.7 Å². The molecule has 1 saturated carbocycles. The van der Waals surface area contributed by atoms with Crippen molar-refractivity contribution in [2.75, 3.05) is 17.5 Å². The Kier molecular flexibility index (Phi) is 7.99. The molecular formula is C32H36N2O5S. The molecule has 40 heavy (non-hydrogen) atoms. The van der Waals surface area contributed by atoms with Crippen LogP contribution in [-0.2, 0) is 14.8 Å². The average Bonchev–Trinajstić information content (AvgIpc) is 2.94. The Bertz CT molecular complexity index is 1530. The van der Waals surface area contributed by atoms with Gasteiger partial charge in [0.05, 0.1) is 35.6 Å². The van der Waals surface area contributed by atoms with Crippen LogP contribution in [0.25, 0.3) is 0 Å². The number of carbonyl (C=O) groups excluding carboxylic acids is 1. The van der Waals surface area contributed by atoms with Crippen LogP contribution in [0.15, 0.2) is 70.6 Å². The van der Waals surface area contributed by atoms with Gasteiger partial charge in [0.15, 0.2) is 11.5 Å². The molecule has 2 atom stereocenters. The van der Waals surface area contributed by atoms with E-state index in [0.717, 1.165) is 51.7 Å². The summed E-state index contributed by atoms with van der Waals surface area (Å²) in [7, 11) is -4.07. The first-order valence-electron chi connectivity index (χ1n) is 14.0. The number of nitrogens with zero attached hydrogens (tertiary/aromatic N) is 2. The van der Waals surface area contributed by atoms with Crippen molar-refractivity contribution in [2.24, 2.45) is 4.99 Å². The molecule has 0 saturated heterocycles. The summed E-state index contributed by atoms with van der Waals surface area (Å²) in [5.74, 6) is 1.19. The molecule has 1 aliphatic heterocycles. The number of fused-ring (bicyclic) bond motifs is 3. The molecule has 1 aliphatic carbocycles. The van der Waals surface area contributed by atoms with Crippen LogP contribution in [-0.4, -0.2) is 39.3 Å². The van der Waals surface area contributed by atoms with Gasteiger partial charge in [-0.05, 0) is 75.6 Å². The molecule has 210 valence electrons. The van der Waals surface area contributed by atoms with E-state index in [2.05, 4.69) is 6.07 Å². The van der Waals surface area contributed by atoms with Crippen LogP contribution in [0, 0.1) is 6.92 Å². The highest BCUT2D eigenvalue weighted by molar-refractivity contribution is 7.93. The number of carbonyl (C=O) groups is 1. The van der Waals surface area contributed by atoms with Gasteiger partial charge in [-0.15, -0.1) is 0 Å². The third-order valence-electron chi connectivity index (χ3n) is 7.62. The highest BCUT2D eigenvalue weighted by Gasteiger charge is 2.35. The number of ether oxygens (including phenoxy) is 2. The maximum absolute atomic E-state index is 13.4. The third kappa shape index (κ3) is 5.24. The normalized spacial score (nSPS) is 18.2. The van der Waals surface area contributed by atoms with Crippen LogP contribution < -0.4 is 13.8 Å². The predicted molar refractivity (Wildman–Crippen MR) is 157 cm³/mol. The summed E-state index contributed by atoms with van der Waals surface area (Å²) in [4.78, 5) is 17.9. The minimum atomic E-state index is -4.07. The minimum absolute atomic E-state index is 0.0693. The molecule has 3 aromatic carbocycles. The van der Waals surface area contributed by atoms with Crippen molar-refractivity contribution >= 4 is 27.3 Å². The van der Waals surface area contributed by atoms with Crippen LogP contribution in [0.2, 0.25) is 0 Å². The van der Waals surface area contributed by atoms with E-state index in [9.17, 15) is 13.2 Å². The fourth-order valence-electron chi connectivity index (χ4n) is 5.78. The van der Waals surface area contributed by atoms with E-state index in [1.807, 2.05) is 39.0 Å². The summed E-state index contributed by atoms with van der Waals surface area (Å²) < 4.78 is 39.6. The summed E-state index contributed by atoms with van der Waals surface area (Å²) in [6.45, 7) is 8.13. The predicted octanol–water partition coefficient (Wildman–Crippen LogP) is 6.41. The van der Waals surface area contributed by atoms with Crippen molar-refractivity contribution in [3.63, 3.8) is 0 Å². The Labute approximate surface area is 236 Å². The lowest BCUT2D eigenvalue weighted by molar-refractivity contribution is -0.115. The molecular weight excluding hydrogens is 524 g/mol. The number of sulfonamides is 1. The molecule has 1 heterocycles. The van der Waals surface area contributed by atoms with Gasteiger partial charge in [0.2, 0.25) is 5.91 Å². The van der Waals surface area contributed by atoms with Crippen molar-refractivity contribution in [2.45, 2.75) is 70.2 Å². The van der Waals surface area contributed by atoms with Gasteiger partial charge in [-0.25, -0.2) is 12.7 Å². The summed E-state index contributed by atoms with van der Waals surface area (Å²) in [6, 6.07) is 17.9. The summed E-state index contributed by atoms with van der Waals surface area (Å²) in [5, 5.41) is 0. The van der Waals surface area contributed by atoms with E-state index in [0.29, 0.717) is 24.9 Å². The van der Waals surface area contributed by atoms with Gasteiger partial charge in [-0.1, -0.05) is 42.7 Å². The lowest BCUT2D eigenvalue weighted by atomic mass is 9.75. The highest BCUT2D eigenvalue weighted by Crippen LogP contribution is 2.45. The maximum atomic E-state index is 13.4. The Hall–Kier alpha value is -3.65. The van der Waals surface area contributed by atoms with Gasteiger partial charge in [0, 0.05) is 24.0 Å². The summed E-state index contributed by atoms with van der Waals surface area (Å²) in [5.41, 5.74) is 5.16. The summed E-state index contributed by atoms with van der Waals surface area (Å²) in [6.07, 6.45) is 4.42. The zero-order chi connectivity index (χ0) is 28.4. The number of anilines is 1. The molecule has 0 radical (unpaired) electrons. The zero-order valence-electron chi connectivity index (χ0n) is 23.5. The highest BCUT2D eigenvalue weighted by atomic mass is 32.2. The summed E-state index contributed by atoms with van der Waals surface area (Å²) >= 11 is 0. The van der Waals surface area contributed by atoms with Crippen LogP contribution in [0.1, 0.15) is 74.6 Å². The largest absolute Gasteiger partial charge is 0.490 e. The van der Waals surface area contributed by atoms with Gasteiger partial charge >= 0.3 is 0 Å². The number of aliphatic imine (C=N–C) groups is 1. The van der Waals surface area contributed by atoms with E-state index in [1.54, 1.807) is 24.3 Å². The zero-order valence-corrected chi connectivity index (χ0v) is 24.3. The first-order chi connectivity index (χ1) is 19.2. The molecule has 1 fully saturated rings. The fraction of sp³-hybridized carbons (Fsp3) is 0.375. The maximum Gasteiger partial charge on any atom is 0.270 e. The Morgan fingerprint density at radius 3 is 2.17 bits per heavy atom. The smallest absolute Gasteiger partial charge is 0.270 e. The van der Waals surface area contributed by atoms with Crippen molar-refractivity contribution in [3.8, 4) is 11.5 Å². The third-order valence-corrected chi connectivity index (χ3v) is 9.43. The standard InChI is InChI=1S/C32H36N2O5S/c1-5-38-30-19-27-26-9-7-8-10-29(26)33-32(28(27)20-31(30)39-6-2)23-13-15-24(16-14-23)34(22(4)35)40(36,37)25-17-11-21(3)12-18-25/h11-20,26,29H,5-10H2,1-4H3/t26-,29-/m1/s1. The Balaban J connectivity index is 1.56. The molecule has 0 N–H and O–H groups in total. The lowest BCUT2D eigenvalue weighted by Crippen LogP contribution is -2.35. The SMILES string of the molecule is CCOc1cc2c(cc1OCC)[C@H]1CCCC[C@H]1N=C2c1ccc(N(C(C)=O)S(=O)(=O)c2ccc(C)cc2)cc1. The molecule has 1 amide bonds. The second kappa shape index (κ2) is 11.5. The molecule has 0 aromatic heterocycles. The number of rotatable bonds is 8. The van der Waals surface area contributed by atoms with E-state index in [-0.39, 0.29) is 16.6 Å². The number of aryl methyl sites for hydroxylation is 1. The first-order valence-corrected chi connectivity index (χ1v) is 15.4. The molecule has 0 spiro atoms. The molecule has 0 bridgehead atoms. The molecule has 0 unspecified atom stereocenters.